The van der Waals surface area contributed by atoms with Crippen LogP contribution in [0.25, 0.3) is 11.0 Å². The Hall–Kier alpha value is -1.95. The largest absolute Gasteiger partial charge is 0.384 e. The minimum absolute atomic E-state index is 0.270. The van der Waals surface area contributed by atoms with Gasteiger partial charge in [0.2, 0.25) is 0 Å². The van der Waals surface area contributed by atoms with Crippen LogP contribution in [-0.4, -0.2) is 34.2 Å². The number of fused-ring (bicyclic) bond motifs is 1. The maximum absolute atomic E-state index is 5.63. The fourth-order valence-corrected chi connectivity index (χ4v) is 1.70. The van der Waals surface area contributed by atoms with Crippen molar-refractivity contribution in [1.82, 2.24) is 15.0 Å². The third kappa shape index (κ3) is 3.75. The summed E-state index contributed by atoms with van der Waals surface area (Å²) in [6.45, 7) is 5.59. The summed E-state index contributed by atoms with van der Waals surface area (Å²) in [5, 5.41) is 4.15. The lowest BCUT2D eigenvalue weighted by Gasteiger charge is -2.09. The lowest BCUT2D eigenvalue weighted by molar-refractivity contribution is 0.0787. The molecule has 0 atom stereocenters. The van der Waals surface area contributed by atoms with Gasteiger partial charge in [-0.2, -0.15) is 0 Å². The first kappa shape index (κ1) is 13.5. The van der Waals surface area contributed by atoms with Gasteiger partial charge in [-0.25, -0.2) is 15.0 Å². The van der Waals surface area contributed by atoms with Crippen molar-refractivity contribution in [3.63, 3.8) is 0 Å². The summed E-state index contributed by atoms with van der Waals surface area (Å²) in [4.78, 5) is 12.5. The average molecular weight is 261 g/mol. The van der Waals surface area contributed by atoms with Gasteiger partial charge in [0.25, 0.3) is 0 Å². The maximum Gasteiger partial charge on any atom is 0.166 e. The van der Waals surface area contributed by atoms with Gasteiger partial charge in [0, 0.05) is 13.2 Å². The molecule has 102 valence electrons. The van der Waals surface area contributed by atoms with E-state index in [1.165, 1.54) is 6.33 Å². The van der Waals surface area contributed by atoms with Crippen molar-refractivity contribution in [3.8, 4) is 0 Å². The number of rotatable bonds is 6. The van der Waals surface area contributed by atoms with Crippen LogP contribution < -0.4 is 11.1 Å². The predicted molar refractivity (Wildman–Crippen MR) is 75.9 cm³/mol. The Morgan fingerprint density at radius 2 is 2.16 bits per heavy atom. The summed E-state index contributed by atoms with van der Waals surface area (Å²) in [5.41, 5.74) is 6.24. The fourth-order valence-electron chi connectivity index (χ4n) is 1.70. The summed E-state index contributed by atoms with van der Waals surface area (Å²) in [5.74, 6) is 1.24. The monoisotopic (exact) mass is 261 g/mol. The minimum atomic E-state index is 0.270. The predicted octanol–water partition coefficient (Wildman–Crippen LogP) is 1.83. The van der Waals surface area contributed by atoms with Crippen LogP contribution in [0.15, 0.2) is 18.5 Å². The number of hydrogen-bond donors (Lipinski definition) is 2. The molecule has 0 aliphatic rings. The molecule has 0 spiro atoms. The second-order valence-electron chi connectivity index (χ2n) is 4.53. The first-order valence-electron chi connectivity index (χ1n) is 6.39. The van der Waals surface area contributed by atoms with Crippen LogP contribution in [0.5, 0.6) is 0 Å². The van der Waals surface area contributed by atoms with E-state index in [-0.39, 0.29) is 6.10 Å². The van der Waals surface area contributed by atoms with Gasteiger partial charge in [0.15, 0.2) is 5.65 Å². The van der Waals surface area contributed by atoms with Gasteiger partial charge in [0.05, 0.1) is 11.5 Å². The van der Waals surface area contributed by atoms with E-state index < -0.39 is 0 Å². The standard InChI is InChI=1S/C13H19N5O/c1-9(2)19-7-3-6-15-12-10-4-5-11(14)18-13(10)17-8-16-12/h4-5,8-9H,3,6-7H2,1-2H3,(H3,14,15,16,17,18). The molecular formula is C13H19N5O. The summed E-state index contributed by atoms with van der Waals surface area (Å²) in [6.07, 6.45) is 2.68. The molecule has 6 heteroatoms. The van der Waals surface area contributed by atoms with Crippen molar-refractivity contribution in [1.29, 1.82) is 0 Å². The molecule has 0 aliphatic carbocycles. The van der Waals surface area contributed by atoms with E-state index >= 15 is 0 Å². The molecule has 0 fully saturated rings. The molecule has 6 nitrogen and oxygen atoms in total. The van der Waals surface area contributed by atoms with Crippen molar-refractivity contribution >= 4 is 22.7 Å². The van der Waals surface area contributed by atoms with Crippen molar-refractivity contribution in [3.05, 3.63) is 18.5 Å². The number of ether oxygens (including phenoxy) is 1. The van der Waals surface area contributed by atoms with Gasteiger partial charge >= 0.3 is 0 Å². The Balaban J connectivity index is 1.97. The number of hydrogen-bond acceptors (Lipinski definition) is 6. The Morgan fingerprint density at radius 3 is 2.95 bits per heavy atom. The molecule has 2 aromatic rings. The number of nitrogens with one attached hydrogen (secondary N) is 1. The summed E-state index contributed by atoms with van der Waals surface area (Å²) in [7, 11) is 0. The van der Waals surface area contributed by atoms with Crippen LogP contribution in [0, 0.1) is 0 Å². The van der Waals surface area contributed by atoms with E-state index in [1.807, 2.05) is 19.9 Å². The molecule has 0 unspecified atom stereocenters. The van der Waals surface area contributed by atoms with Crippen molar-refractivity contribution in [2.75, 3.05) is 24.2 Å². The zero-order valence-corrected chi connectivity index (χ0v) is 11.3. The second-order valence-corrected chi connectivity index (χ2v) is 4.53. The van der Waals surface area contributed by atoms with Gasteiger partial charge in [-0.05, 0) is 32.4 Å². The smallest absolute Gasteiger partial charge is 0.166 e. The van der Waals surface area contributed by atoms with E-state index in [1.54, 1.807) is 6.07 Å². The Morgan fingerprint density at radius 1 is 1.32 bits per heavy atom. The fraction of sp³-hybridized carbons (Fsp3) is 0.462. The molecule has 3 N–H and O–H groups in total. The number of anilines is 2. The van der Waals surface area contributed by atoms with Crippen molar-refractivity contribution < 1.29 is 4.74 Å². The molecule has 0 bridgehead atoms. The van der Waals surface area contributed by atoms with Crippen LogP contribution in [-0.2, 0) is 4.74 Å². The van der Waals surface area contributed by atoms with Gasteiger partial charge in [0.1, 0.15) is 18.0 Å². The van der Waals surface area contributed by atoms with E-state index in [0.29, 0.717) is 11.5 Å². The molecule has 0 amide bonds. The third-order valence-corrected chi connectivity index (χ3v) is 2.58. The number of aromatic nitrogens is 3. The van der Waals surface area contributed by atoms with Crippen molar-refractivity contribution in [2.45, 2.75) is 26.4 Å². The molecule has 0 saturated carbocycles. The van der Waals surface area contributed by atoms with Gasteiger partial charge in [-0.1, -0.05) is 0 Å². The molecule has 2 rings (SSSR count). The number of nitrogens with two attached hydrogens (primary N) is 1. The highest BCUT2D eigenvalue weighted by Gasteiger charge is 2.04. The van der Waals surface area contributed by atoms with E-state index in [0.717, 1.165) is 30.8 Å². The Labute approximate surface area is 112 Å². The second kappa shape index (κ2) is 6.29. The Bertz CT molecular complexity index is 544. The summed E-state index contributed by atoms with van der Waals surface area (Å²) < 4.78 is 5.48. The first-order valence-corrected chi connectivity index (χ1v) is 6.39. The lowest BCUT2D eigenvalue weighted by Crippen LogP contribution is -2.10. The average Bonchev–Trinajstić information content (AvgIpc) is 2.37. The van der Waals surface area contributed by atoms with Crippen molar-refractivity contribution in [2.24, 2.45) is 0 Å². The number of pyridine rings is 1. The molecule has 0 aliphatic heterocycles. The maximum atomic E-state index is 5.63. The zero-order chi connectivity index (χ0) is 13.7. The molecular weight excluding hydrogens is 242 g/mol. The quantitative estimate of drug-likeness (QED) is 0.772. The third-order valence-electron chi connectivity index (χ3n) is 2.58. The summed E-state index contributed by atoms with van der Waals surface area (Å²) >= 11 is 0. The molecule has 0 aromatic carbocycles. The van der Waals surface area contributed by atoms with Crippen LogP contribution >= 0.6 is 0 Å². The summed E-state index contributed by atoms with van der Waals surface area (Å²) in [6, 6.07) is 3.63. The topological polar surface area (TPSA) is 86.0 Å². The van der Waals surface area contributed by atoms with Gasteiger partial charge < -0.3 is 15.8 Å². The molecule has 19 heavy (non-hydrogen) atoms. The van der Waals surface area contributed by atoms with Crippen LogP contribution in [0.2, 0.25) is 0 Å². The van der Waals surface area contributed by atoms with Crippen LogP contribution in [0.1, 0.15) is 20.3 Å². The number of nitrogen functional groups attached to an aromatic ring is 1. The van der Waals surface area contributed by atoms with Gasteiger partial charge in [-0.15, -0.1) is 0 Å². The van der Waals surface area contributed by atoms with E-state index in [9.17, 15) is 0 Å². The van der Waals surface area contributed by atoms with E-state index in [4.69, 9.17) is 10.5 Å². The highest BCUT2D eigenvalue weighted by atomic mass is 16.5. The molecule has 0 saturated heterocycles. The molecule has 2 heterocycles. The lowest BCUT2D eigenvalue weighted by atomic mass is 10.3. The van der Waals surface area contributed by atoms with Gasteiger partial charge in [-0.3, -0.25) is 0 Å². The minimum Gasteiger partial charge on any atom is -0.384 e. The molecule has 0 radical (unpaired) electrons. The Kier molecular flexibility index (Phi) is 4.46. The van der Waals surface area contributed by atoms with Crippen LogP contribution in [0.3, 0.4) is 0 Å². The SMILES string of the molecule is CC(C)OCCCNc1ncnc2nc(N)ccc12. The van der Waals surface area contributed by atoms with Crippen LogP contribution in [0.4, 0.5) is 11.6 Å². The highest BCUT2D eigenvalue weighted by Crippen LogP contribution is 2.18. The zero-order valence-electron chi connectivity index (χ0n) is 11.3. The first-order chi connectivity index (χ1) is 9.16. The normalized spacial score (nSPS) is 11.1. The highest BCUT2D eigenvalue weighted by molar-refractivity contribution is 5.86. The molecule has 2 aromatic heterocycles. The van der Waals surface area contributed by atoms with E-state index in [2.05, 4.69) is 20.3 Å². The number of nitrogens with zero attached hydrogens (tertiary/aromatic N) is 3.